The first-order valence-electron chi connectivity index (χ1n) is 10.6. The Morgan fingerprint density at radius 1 is 1.20 bits per heavy atom. The molecule has 5 rings (SSSR count). The van der Waals surface area contributed by atoms with Crippen LogP contribution in [-0.4, -0.2) is 57.6 Å². The average Bonchev–Trinajstić information content (AvgIpc) is 3.42. The van der Waals surface area contributed by atoms with Crippen LogP contribution in [0.25, 0.3) is 17.1 Å². The quantitative estimate of drug-likeness (QED) is 0.382. The van der Waals surface area contributed by atoms with E-state index in [1.54, 1.807) is 46.0 Å². The van der Waals surface area contributed by atoms with Gasteiger partial charge in [-0.1, -0.05) is 18.2 Å². The van der Waals surface area contributed by atoms with E-state index in [0.717, 1.165) is 6.26 Å². The Hall–Kier alpha value is -3.71. The molecule has 1 amide bonds. The van der Waals surface area contributed by atoms with Crippen LogP contribution in [0.1, 0.15) is 18.0 Å². The molecule has 35 heavy (non-hydrogen) atoms. The number of benzene rings is 1. The normalized spacial score (nSPS) is 15.0. The Morgan fingerprint density at radius 2 is 1.94 bits per heavy atom. The molecule has 1 aliphatic heterocycles. The van der Waals surface area contributed by atoms with E-state index in [1.165, 1.54) is 4.31 Å². The Morgan fingerprint density at radius 3 is 2.60 bits per heavy atom. The number of anilines is 1. The number of pyridine rings is 1. The second-order valence-electron chi connectivity index (χ2n) is 8.20. The van der Waals surface area contributed by atoms with Crippen molar-refractivity contribution in [2.24, 2.45) is 5.92 Å². The van der Waals surface area contributed by atoms with Gasteiger partial charge in [0.1, 0.15) is 5.65 Å². The number of para-hydroxylation sites is 1. The largest absolute Gasteiger partial charge is 0.415 e. The van der Waals surface area contributed by atoms with Gasteiger partial charge in [-0.2, -0.15) is 8.78 Å². The van der Waals surface area contributed by atoms with Crippen molar-refractivity contribution in [3.05, 3.63) is 66.4 Å². The summed E-state index contributed by atoms with van der Waals surface area (Å²) in [6.07, 6.45) is 1.69. The van der Waals surface area contributed by atoms with Crippen molar-refractivity contribution in [1.29, 1.82) is 0 Å². The minimum Gasteiger partial charge on any atom is -0.415 e. The van der Waals surface area contributed by atoms with E-state index < -0.39 is 28.3 Å². The van der Waals surface area contributed by atoms with Crippen LogP contribution in [-0.2, 0) is 21.4 Å². The molecule has 3 aromatic heterocycles. The lowest BCUT2D eigenvalue weighted by atomic mass is 10.0. The molecule has 0 N–H and O–H groups in total. The zero-order chi connectivity index (χ0) is 24.7. The lowest BCUT2D eigenvalue weighted by Crippen LogP contribution is -2.56. The third-order valence-corrected chi connectivity index (χ3v) is 6.94. The van der Waals surface area contributed by atoms with Gasteiger partial charge in [-0.3, -0.25) is 4.79 Å². The van der Waals surface area contributed by atoms with Crippen molar-refractivity contribution in [1.82, 2.24) is 23.9 Å². The number of nitrogens with zero attached hydrogens (tertiary/aromatic N) is 6. The Labute approximate surface area is 198 Å². The summed E-state index contributed by atoms with van der Waals surface area (Å²) < 4.78 is 57.0. The molecule has 4 aromatic rings. The Balaban J connectivity index is 1.40. The SMILES string of the molecule is CS(=O)(=O)N1CC(C(=O)N(Cc2cn3ccc(-c4nnc(C(F)F)o4)cc3n2)c2ccccc2)C1. The lowest BCUT2D eigenvalue weighted by molar-refractivity contribution is -0.125. The van der Waals surface area contributed by atoms with Crippen molar-refractivity contribution in [3.63, 3.8) is 0 Å². The van der Waals surface area contributed by atoms with E-state index in [-0.39, 0.29) is 31.4 Å². The summed E-state index contributed by atoms with van der Waals surface area (Å²) in [5.41, 5.74) is 2.18. The summed E-state index contributed by atoms with van der Waals surface area (Å²) in [7, 11) is -3.34. The smallest absolute Gasteiger partial charge is 0.314 e. The fourth-order valence-corrected chi connectivity index (χ4v) is 4.74. The number of sulfonamides is 1. The molecule has 10 nitrogen and oxygen atoms in total. The highest BCUT2D eigenvalue weighted by molar-refractivity contribution is 7.88. The molecule has 0 atom stereocenters. The molecular weight excluding hydrogens is 482 g/mol. The lowest BCUT2D eigenvalue weighted by Gasteiger charge is -2.38. The van der Waals surface area contributed by atoms with Crippen molar-refractivity contribution >= 4 is 27.3 Å². The number of rotatable bonds is 7. The first-order valence-corrected chi connectivity index (χ1v) is 12.4. The van der Waals surface area contributed by atoms with Crippen LogP contribution in [0.3, 0.4) is 0 Å². The van der Waals surface area contributed by atoms with Crippen molar-refractivity contribution < 1.29 is 26.4 Å². The first kappa shape index (κ1) is 23.1. The van der Waals surface area contributed by atoms with Gasteiger partial charge in [0.2, 0.25) is 21.8 Å². The number of carbonyl (C=O) groups is 1. The van der Waals surface area contributed by atoms with E-state index in [2.05, 4.69) is 15.2 Å². The molecule has 182 valence electrons. The van der Waals surface area contributed by atoms with Gasteiger partial charge in [0.15, 0.2) is 0 Å². The van der Waals surface area contributed by atoms with Crippen LogP contribution in [0.2, 0.25) is 0 Å². The minimum absolute atomic E-state index is 0.0474. The van der Waals surface area contributed by atoms with Crippen LogP contribution >= 0.6 is 0 Å². The van der Waals surface area contributed by atoms with Crippen LogP contribution < -0.4 is 4.90 Å². The highest BCUT2D eigenvalue weighted by Gasteiger charge is 2.40. The maximum atomic E-state index is 13.3. The van der Waals surface area contributed by atoms with Crippen LogP contribution in [0.4, 0.5) is 14.5 Å². The van der Waals surface area contributed by atoms with E-state index in [0.29, 0.717) is 22.6 Å². The third-order valence-electron chi connectivity index (χ3n) is 5.70. The first-order chi connectivity index (χ1) is 16.7. The Bertz CT molecular complexity index is 1480. The molecule has 4 heterocycles. The number of hydrogen-bond donors (Lipinski definition) is 0. The van der Waals surface area contributed by atoms with Gasteiger partial charge in [0.05, 0.1) is 24.4 Å². The second kappa shape index (κ2) is 8.82. The highest BCUT2D eigenvalue weighted by atomic mass is 32.2. The monoisotopic (exact) mass is 502 g/mol. The standard InChI is InChI=1S/C22H20F2N6O4S/c1-35(32,33)29-10-15(11-29)22(31)30(17-5-3-2-4-6-17)13-16-12-28-8-7-14(9-18(28)25-16)20-26-27-21(34-20)19(23)24/h2-9,12,15,19H,10-11,13H2,1H3. The van der Waals surface area contributed by atoms with E-state index in [9.17, 15) is 22.0 Å². The van der Waals surface area contributed by atoms with Crippen LogP contribution in [0.15, 0.2) is 59.3 Å². The summed E-state index contributed by atoms with van der Waals surface area (Å²) in [6.45, 7) is 0.436. The number of carbonyl (C=O) groups excluding carboxylic acids is 1. The van der Waals surface area contributed by atoms with Gasteiger partial charge in [0.25, 0.3) is 5.89 Å². The zero-order valence-electron chi connectivity index (χ0n) is 18.5. The predicted octanol–water partition coefficient (Wildman–Crippen LogP) is 2.75. The summed E-state index contributed by atoms with van der Waals surface area (Å²) in [5, 5.41) is 7.00. The van der Waals surface area contributed by atoms with E-state index in [4.69, 9.17) is 4.42 Å². The summed E-state index contributed by atoms with van der Waals surface area (Å²) in [6, 6.07) is 12.3. The average molecular weight is 503 g/mol. The molecule has 0 bridgehead atoms. The number of imidazole rings is 1. The van der Waals surface area contributed by atoms with Crippen molar-refractivity contribution in [2.45, 2.75) is 13.0 Å². The maximum absolute atomic E-state index is 13.3. The molecule has 0 unspecified atom stereocenters. The molecule has 1 aliphatic rings. The van der Waals surface area contributed by atoms with Gasteiger partial charge >= 0.3 is 6.43 Å². The van der Waals surface area contributed by atoms with Gasteiger partial charge < -0.3 is 13.7 Å². The number of aromatic nitrogens is 4. The number of fused-ring (bicyclic) bond motifs is 1. The zero-order valence-corrected chi connectivity index (χ0v) is 19.3. The second-order valence-corrected chi connectivity index (χ2v) is 10.2. The number of halogens is 2. The minimum atomic E-state index is -3.34. The molecular formula is C22H20F2N6O4S. The van der Waals surface area contributed by atoms with Crippen LogP contribution in [0, 0.1) is 5.92 Å². The van der Waals surface area contributed by atoms with Gasteiger partial charge in [0, 0.05) is 36.7 Å². The molecule has 0 aliphatic carbocycles. The molecule has 0 saturated carbocycles. The summed E-state index contributed by atoms with van der Waals surface area (Å²) in [5.74, 6) is -1.45. The third kappa shape index (κ3) is 4.64. The fourth-order valence-electron chi connectivity index (χ4n) is 3.83. The van der Waals surface area contributed by atoms with Gasteiger partial charge in [-0.25, -0.2) is 17.7 Å². The van der Waals surface area contributed by atoms with Gasteiger partial charge in [-0.15, -0.1) is 10.2 Å². The molecule has 13 heteroatoms. The molecule has 0 radical (unpaired) electrons. The van der Waals surface area contributed by atoms with E-state index >= 15 is 0 Å². The van der Waals surface area contributed by atoms with Crippen molar-refractivity contribution in [2.75, 3.05) is 24.2 Å². The van der Waals surface area contributed by atoms with Gasteiger partial charge in [-0.05, 0) is 24.3 Å². The highest BCUT2D eigenvalue weighted by Crippen LogP contribution is 2.27. The fraction of sp³-hybridized carbons (Fsp3) is 0.273. The summed E-state index contributed by atoms with van der Waals surface area (Å²) in [4.78, 5) is 19.4. The molecule has 1 aromatic carbocycles. The number of hydrogen-bond acceptors (Lipinski definition) is 7. The molecule has 0 spiro atoms. The van der Waals surface area contributed by atoms with Crippen LogP contribution in [0.5, 0.6) is 0 Å². The molecule has 1 fully saturated rings. The molecule has 1 saturated heterocycles. The maximum Gasteiger partial charge on any atom is 0.314 e. The number of alkyl halides is 2. The topological polar surface area (TPSA) is 114 Å². The van der Waals surface area contributed by atoms with E-state index in [1.807, 2.05) is 18.2 Å². The summed E-state index contributed by atoms with van der Waals surface area (Å²) >= 11 is 0. The number of amides is 1. The Kier molecular flexibility index (Phi) is 5.81. The predicted molar refractivity (Wildman–Crippen MR) is 121 cm³/mol. The van der Waals surface area contributed by atoms with Crippen molar-refractivity contribution in [3.8, 4) is 11.5 Å².